The predicted molar refractivity (Wildman–Crippen MR) is 87.9 cm³/mol. The van der Waals surface area contributed by atoms with Gasteiger partial charge in [0.05, 0.1) is 6.10 Å². The second kappa shape index (κ2) is 6.83. The van der Waals surface area contributed by atoms with Crippen LogP contribution in [0, 0.1) is 5.92 Å². The Balaban J connectivity index is 1.69. The molecule has 0 saturated heterocycles. The zero-order valence-corrected chi connectivity index (χ0v) is 13.5. The molecule has 0 heterocycles. The number of nitrogens with one attached hydrogen (secondary N) is 1. The van der Waals surface area contributed by atoms with Crippen molar-refractivity contribution in [3.8, 4) is 5.75 Å². The molecule has 2 fully saturated rings. The summed E-state index contributed by atoms with van der Waals surface area (Å²) in [6.07, 6.45) is 8.40. The predicted octanol–water partition coefficient (Wildman–Crippen LogP) is 4.50. The van der Waals surface area contributed by atoms with Crippen molar-refractivity contribution in [1.29, 1.82) is 0 Å². The van der Waals surface area contributed by atoms with Crippen LogP contribution in [-0.4, -0.2) is 18.7 Å². The summed E-state index contributed by atoms with van der Waals surface area (Å²) < 4.78 is 5.97. The minimum absolute atomic E-state index is 0.491. The summed E-state index contributed by atoms with van der Waals surface area (Å²) in [5.41, 5.74) is 1.49. The largest absolute Gasteiger partial charge is 0.490 e. The van der Waals surface area contributed by atoms with Crippen LogP contribution in [0.2, 0.25) is 0 Å². The van der Waals surface area contributed by atoms with E-state index in [1.54, 1.807) is 0 Å². The van der Waals surface area contributed by atoms with E-state index in [0.717, 1.165) is 18.2 Å². The fraction of sp³-hybridized carbons (Fsp3) is 0.684. The lowest BCUT2D eigenvalue weighted by molar-refractivity contribution is 0.284. The first-order chi connectivity index (χ1) is 10.2. The summed E-state index contributed by atoms with van der Waals surface area (Å²) in [6.45, 7) is 5.62. The zero-order chi connectivity index (χ0) is 14.7. The van der Waals surface area contributed by atoms with E-state index in [-0.39, 0.29) is 0 Å². The van der Waals surface area contributed by atoms with Crippen molar-refractivity contribution in [2.45, 2.75) is 70.4 Å². The summed E-state index contributed by atoms with van der Waals surface area (Å²) in [7, 11) is 0. The van der Waals surface area contributed by atoms with Gasteiger partial charge in [-0.05, 0) is 61.8 Å². The number of rotatable bonds is 6. The van der Waals surface area contributed by atoms with E-state index >= 15 is 0 Å². The van der Waals surface area contributed by atoms with Gasteiger partial charge in [-0.3, -0.25) is 0 Å². The van der Waals surface area contributed by atoms with Gasteiger partial charge in [-0.25, -0.2) is 0 Å². The van der Waals surface area contributed by atoms with Crippen molar-refractivity contribution in [2.24, 2.45) is 5.92 Å². The Morgan fingerprint density at radius 2 is 1.95 bits per heavy atom. The Labute approximate surface area is 129 Å². The average molecular weight is 287 g/mol. The van der Waals surface area contributed by atoms with Crippen LogP contribution in [0.15, 0.2) is 24.3 Å². The lowest BCUT2D eigenvalue weighted by Gasteiger charge is -2.33. The normalized spacial score (nSPS) is 26.0. The number of hydrogen-bond donors (Lipinski definition) is 1. The van der Waals surface area contributed by atoms with E-state index in [1.165, 1.54) is 44.1 Å². The molecule has 21 heavy (non-hydrogen) atoms. The molecule has 2 saturated carbocycles. The summed E-state index contributed by atoms with van der Waals surface area (Å²) in [5, 5.41) is 3.64. The summed E-state index contributed by atoms with van der Waals surface area (Å²) in [6, 6.07) is 9.48. The van der Waals surface area contributed by atoms with Crippen molar-refractivity contribution in [3.63, 3.8) is 0 Å². The Morgan fingerprint density at radius 1 is 1.14 bits per heavy atom. The Kier molecular flexibility index (Phi) is 4.84. The van der Waals surface area contributed by atoms with E-state index in [4.69, 9.17) is 4.74 Å². The Hall–Kier alpha value is -1.02. The minimum atomic E-state index is 0.491. The molecule has 0 radical (unpaired) electrons. The smallest absolute Gasteiger partial charge is 0.120 e. The van der Waals surface area contributed by atoms with Crippen LogP contribution in [-0.2, 0) is 0 Å². The third-order valence-electron chi connectivity index (χ3n) is 4.81. The molecule has 2 aliphatic rings. The number of hydrogen-bond acceptors (Lipinski definition) is 2. The number of benzene rings is 1. The molecule has 2 atom stereocenters. The number of ether oxygens (including phenoxy) is 1. The lowest BCUT2D eigenvalue weighted by atomic mass is 9.75. The molecule has 116 valence electrons. The molecule has 1 aromatic carbocycles. The van der Waals surface area contributed by atoms with Gasteiger partial charge in [0.2, 0.25) is 0 Å². The van der Waals surface area contributed by atoms with Gasteiger partial charge in [-0.1, -0.05) is 38.8 Å². The molecular weight excluding hydrogens is 258 g/mol. The SMILES string of the molecule is CC(C)NCC1CCCCC1c1cccc(OC2CC2)c1. The second-order valence-corrected chi connectivity index (χ2v) is 7.10. The second-order valence-electron chi connectivity index (χ2n) is 7.10. The highest BCUT2D eigenvalue weighted by Gasteiger charge is 2.27. The van der Waals surface area contributed by atoms with Crippen LogP contribution in [0.3, 0.4) is 0 Å². The van der Waals surface area contributed by atoms with Crippen LogP contribution in [0.1, 0.15) is 63.9 Å². The first kappa shape index (κ1) is 14.9. The molecule has 1 N–H and O–H groups in total. The van der Waals surface area contributed by atoms with Crippen molar-refractivity contribution < 1.29 is 4.74 Å². The van der Waals surface area contributed by atoms with Gasteiger partial charge < -0.3 is 10.1 Å². The van der Waals surface area contributed by atoms with Gasteiger partial charge in [0, 0.05) is 6.04 Å². The highest BCUT2D eigenvalue weighted by atomic mass is 16.5. The monoisotopic (exact) mass is 287 g/mol. The fourth-order valence-corrected chi connectivity index (χ4v) is 3.47. The van der Waals surface area contributed by atoms with Crippen LogP contribution in [0.25, 0.3) is 0 Å². The molecule has 0 bridgehead atoms. The average Bonchev–Trinajstić information content (AvgIpc) is 3.30. The molecule has 0 aromatic heterocycles. The van der Waals surface area contributed by atoms with Crippen molar-refractivity contribution in [3.05, 3.63) is 29.8 Å². The highest BCUT2D eigenvalue weighted by Crippen LogP contribution is 2.39. The maximum Gasteiger partial charge on any atom is 0.120 e. The molecule has 3 rings (SSSR count). The minimum Gasteiger partial charge on any atom is -0.490 e. The third-order valence-corrected chi connectivity index (χ3v) is 4.81. The molecule has 2 unspecified atom stereocenters. The van der Waals surface area contributed by atoms with Gasteiger partial charge in [-0.2, -0.15) is 0 Å². The standard InChI is InChI=1S/C19H29NO/c1-14(2)20-13-16-6-3-4-9-19(16)15-7-5-8-18(12-15)21-17-10-11-17/h5,7-8,12,14,16-17,19-20H,3-4,6,9-11,13H2,1-2H3. The summed E-state index contributed by atoms with van der Waals surface area (Å²) in [5.74, 6) is 2.56. The highest BCUT2D eigenvalue weighted by molar-refractivity contribution is 5.32. The Morgan fingerprint density at radius 3 is 2.71 bits per heavy atom. The molecule has 0 amide bonds. The molecule has 0 aliphatic heterocycles. The van der Waals surface area contributed by atoms with Crippen LogP contribution < -0.4 is 10.1 Å². The van der Waals surface area contributed by atoms with E-state index in [1.807, 2.05) is 0 Å². The third kappa shape index (κ3) is 4.23. The summed E-state index contributed by atoms with van der Waals surface area (Å²) >= 11 is 0. The molecule has 2 heteroatoms. The molecule has 2 aliphatic carbocycles. The van der Waals surface area contributed by atoms with E-state index in [2.05, 4.69) is 43.4 Å². The van der Waals surface area contributed by atoms with Gasteiger partial charge in [0.1, 0.15) is 5.75 Å². The zero-order valence-electron chi connectivity index (χ0n) is 13.5. The quantitative estimate of drug-likeness (QED) is 0.831. The molecular formula is C19H29NO. The summed E-state index contributed by atoms with van der Waals surface area (Å²) in [4.78, 5) is 0. The molecule has 1 aromatic rings. The van der Waals surface area contributed by atoms with Crippen molar-refractivity contribution >= 4 is 0 Å². The lowest BCUT2D eigenvalue weighted by Crippen LogP contribution is -2.33. The van der Waals surface area contributed by atoms with Gasteiger partial charge in [-0.15, -0.1) is 0 Å². The van der Waals surface area contributed by atoms with Crippen molar-refractivity contribution in [2.75, 3.05) is 6.54 Å². The topological polar surface area (TPSA) is 21.3 Å². The first-order valence-electron chi connectivity index (χ1n) is 8.72. The van der Waals surface area contributed by atoms with Gasteiger partial charge >= 0.3 is 0 Å². The van der Waals surface area contributed by atoms with Crippen LogP contribution in [0.4, 0.5) is 0 Å². The van der Waals surface area contributed by atoms with E-state index in [0.29, 0.717) is 18.1 Å². The van der Waals surface area contributed by atoms with Gasteiger partial charge in [0.15, 0.2) is 0 Å². The molecule has 2 nitrogen and oxygen atoms in total. The van der Waals surface area contributed by atoms with Crippen molar-refractivity contribution in [1.82, 2.24) is 5.32 Å². The fourth-order valence-electron chi connectivity index (χ4n) is 3.47. The van der Waals surface area contributed by atoms with Gasteiger partial charge in [0.25, 0.3) is 0 Å². The maximum atomic E-state index is 5.97. The Bertz CT molecular complexity index is 453. The maximum absolute atomic E-state index is 5.97. The molecule has 0 spiro atoms. The van der Waals surface area contributed by atoms with Crippen LogP contribution in [0.5, 0.6) is 5.75 Å². The van der Waals surface area contributed by atoms with Crippen LogP contribution >= 0.6 is 0 Å². The van der Waals surface area contributed by atoms with E-state index in [9.17, 15) is 0 Å². The first-order valence-corrected chi connectivity index (χ1v) is 8.72. The van der Waals surface area contributed by atoms with E-state index < -0.39 is 0 Å².